The summed E-state index contributed by atoms with van der Waals surface area (Å²) >= 11 is 0. The maximum Gasteiger partial charge on any atom is 0.310 e. The van der Waals surface area contributed by atoms with Crippen molar-refractivity contribution in [1.29, 1.82) is 0 Å². The predicted octanol–water partition coefficient (Wildman–Crippen LogP) is 0.715. The smallest absolute Gasteiger partial charge is 0.310 e. The van der Waals surface area contributed by atoms with Gasteiger partial charge in [0.15, 0.2) is 0 Å². The van der Waals surface area contributed by atoms with Crippen LogP contribution in [0.4, 0.5) is 0 Å². The second-order valence-electron chi connectivity index (χ2n) is 4.89. The highest BCUT2D eigenvalue weighted by Gasteiger charge is 2.41. The van der Waals surface area contributed by atoms with Crippen molar-refractivity contribution >= 4 is 16.0 Å². The van der Waals surface area contributed by atoms with Crippen LogP contribution in [0.5, 0.6) is 0 Å². The van der Waals surface area contributed by atoms with Crippen LogP contribution in [0.25, 0.3) is 0 Å². The van der Waals surface area contributed by atoms with E-state index in [-0.39, 0.29) is 18.1 Å². The van der Waals surface area contributed by atoms with Gasteiger partial charge in [-0.15, -0.1) is 0 Å². The molecule has 0 saturated carbocycles. The first-order chi connectivity index (χ1) is 9.34. The Hall–Kier alpha value is -1.44. The van der Waals surface area contributed by atoms with Gasteiger partial charge in [0.2, 0.25) is 10.0 Å². The highest BCUT2D eigenvalue weighted by Crippen LogP contribution is 2.25. The normalized spacial score (nSPS) is 23.1. The van der Waals surface area contributed by atoms with Crippen molar-refractivity contribution in [2.75, 3.05) is 20.3 Å². The molecular weight excluding hydrogens is 282 g/mol. The van der Waals surface area contributed by atoms with Crippen molar-refractivity contribution in [3.63, 3.8) is 0 Å². The van der Waals surface area contributed by atoms with Gasteiger partial charge in [0.25, 0.3) is 0 Å². The van der Waals surface area contributed by atoms with Crippen LogP contribution in [0.15, 0.2) is 29.2 Å². The van der Waals surface area contributed by atoms with Crippen LogP contribution in [0.2, 0.25) is 0 Å². The van der Waals surface area contributed by atoms with Crippen LogP contribution in [-0.2, 0) is 19.6 Å². The zero-order chi connectivity index (χ0) is 14.9. The highest BCUT2D eigenvalue weighted by atomic mass is 32.2. The molecule has 0 aliphatic carbocycles. The van der Waals surface area contributed by atoms with E-state index >= 15 is 0 Å². The minimum absolute atomic E-state index is 0.0354. The first kappa shape index (κ1) is 15.0. The van der Waals surface area contributed by atoms with E-state index < -0.39 is 28.0 Å². The van der Waals surface area contributed by atoms with Crippen LogP contribution < -0.4 is 0 Å². The molecule has 1 aromatic rings. The molecule has 0 bridgehead atoms. The maximum absolute atomic E-state index is 12.5. The molecule has 1 saturated heterocycles. The van der Waals surface area contributed by atoms with Crippen molar-refractivity contribution < 1.29 is 23.1 Å². The SMILES string of the molecule is Cc1cccc(S(=O)(=O)N(C)C2COCC2C(=O)O)c1. The van der Waals surface area contributed by atoms with Gasteiger partial charge in [-0.2, -0.15) is 4.31 Å². The minimum Gasteiger partial charge on any atom is -0.481 e. The van der Waals surface area contributed by atoms with Gasteiger partial charge < -0.3 is 9.84 Å². The number of carboxylic acid groups (broad SMARTS) is 1. The lowest BCUT2D eigenvalue weighted by atomic mass is 10.1. The molecule has 7 heteroatoms. The average Bonchev–Trinajstić information content (AvgIpc) is 2.87. The van der Waals surface area contributed by atoms with Crippen LogP contribution in [0.1, 0.15) is 5.56 Å². The molecule has 0 aromatic heterocycles. The van der Waals surface area contributed by atoms with Gasteiger partial charge in [0.05, 0.1) is 30.1 Å². The van der Waals surface area contributed by atoms with Gasteiger partial charge in [0, 0.05) is 7.05 Å². The molecule has 1 fully saturated rings. The number of aryl methyl sites for hydroxylation is 1. The lowest BCUT2D eigenvalue weighted by molar-refractivity contribution is -0.142. The van der Waals surface area contributed by atoms with Crippen molar-refractivity contribution in [1.82, 2.24) is 4.31 Å². The Morgan fingerprint density at radius 2 is 2.10 bits per heavy atom. The Kier molecular flexibility index (Phi) is 4.12. The number of nitrogens with zero attached hydrogens (tertiary/aromatic N) is 1. The number of hydrogen-bond acceptors (Lipinski definition) is 4. The molecule has 2 unspecified atom stereocenters. The Labute approximate surface area is 118 Å². The summed E-state index contributed by atoms with van der Waals surface area (Å²) in [5, 5.41) is 9.11. The van der Waals surface area contributed by atoms with Crippen LogP contribution in [-0.4, -0.2) is 50.1 Å². The van der Waals surface area contributed by atoms with E-state index in [2.05, 4.69) is 0 Å². The zero-order valence-corrected chi connectivity index (χ0v) is 12.1. The third-order valence-electron chi connectivity index (χ3n) is 3.50. The fourth-order valence-corrected chi connectivity index (χ4v) is 3.74. The summed E-state index contributed by atoms with van der Waals surface area (Å²) in [7, 11) is -2.33. The Bertz CT molecular complexity index is 613. The third-order valence-corrected chi connectivity index (χ3v) is 5.38. The Balaban J connectivity index is 2.32. The largest absolute Gasteiger partial charge is 0.481 e. The van der Waals surface area contributed by atoms with E-state index in [1.807, 2.05) is 0 Å². The van der Waals surface area contributed by atoms with Crippen molar-refractivity contribution in [3.05, 3.63) is 29.8 Å². The van der Waals surface area contributed by atoms with Crippen molar-refractivity contribution in [2.45, 2.75) is 17.9 Å². The summed E-state index contributed by atoms with van der Waals surface area (Å²) in [4.78, 5) is 11.3. The van der Waals surface area contributed by atoms with Crippen molar-refractivity contribution in [2.24, 2.45) is 5.92 Å². The summed E-state index contributed by atoms with van der Waals surface area (Å²) in [6.45, 7) is 1.93. The summed E-state index contributed by atoms with van der Waals surface area (Å²) in [5.41, 5.74) is 0.830. The molecule has 1 aromatic carbocycles. The molecule has 2 rings (SSSR count). The van der Waals surface area contributed by atoms with Gasteiger partial charge in [-0.3, -0.25) is 4.79 Å². The van der Waals surface area contributed by atoms with Gasteiger partial charge in [-0.25, -0.2) is 8.42 Å². The number of carbonyl (C=O) groups is 1. The van der Waals surface area contributed by atoms with E-state index in [1.54, 1.807) is 25.1 Å². The minimum atomic E-state index is -3.72. The van der Waals surface area contributed by atoms with Crippen LogP contribution >= 0.6 is 0 Å². The molecule has 20 heavy (non-hydrogen) atoms. The lowest BCUT2D eigenvalue weighted by Crippen LogP contribution is -2.44. The summed E-state index contributed by atoms with van der Waals surface area (Å²) in [6, 6.07) is 5.85. The molecule has 1 aliphatic rings. The molecule has 1 N–H and O–H groups in total. The second-order valence-corrected chi connectivity index (χ2v) is 6.88. The summed E-state index contributed by atoms with van der Waals surface area (Å²) < 4.78 is 31.3. The first-order valence-corrected chi connectivity index (χ1v) is 7.63. The number of aliphatic carboxylic acids is 1. The molecule has 1 aliphatic heterocycles. The molecule has 0 spiro atoms. The molecule has 110 valence electrons. The Morgan fingerprint density at radius 1 is 1.40 bits per heavy atom. The second kappa shape index (κ2) is 5.51. The van der Waals surface area contributed by atoms with Crippen LogP contribution in [0, 0.1) is 12.8 Å². The number of hydrogen-bond donors (Lipinski definition) is 1. The third kappa shape index (κ3) is 2.70. The molecule has 0 radical (unpaired) electrons. The topological polar surface area (TPSA) is 83.9 Å². The molecular formula is C13H17NO5S. The number of carboxylic acids is 1. The standard InChI is InChI=1S/C13H17NO5S/c1-9-4-3-5-10(6-9)20(17,18)14(2)12-8-19-7-11(12)13(15)16/h3-6,11-12H,7-8H2,1-2H3,(H,15,16). The zero-order valence-electron chi connectivity index (χ0n) is 11.3. The van der Waals surface area contributed by atoms with E-state index in [1.165, 1.54) is 13.1 Å². The maximum atomic E-state index is 12.5. The number of ether oxygens (including phenoxy) is 1. The summed E-state index contributed by atoms with van der Waals surface area (Å²) in [6.07, 6.45) is 0. The van der Waals surface area contributed by atoms with Crippen molar-refractivity contribution in [3.8, 4) is 0 Å². The van der Waals surface area contributed by atoms with Gasteiger partial charge >= 0.3 is 5.97 Å². The molecule has 1 heterocycles. The number of rotatable bonds is 4. The fraction of sp³-hybridized carbons (Fsp3) is 0.462. The van der Waals surface area contributed by atoms with Gasteiger partial charge in [-0.05, 0) is 24.6 Å². The van der Waals surface area contributed by atoms with E-state index in [0.29, 0.717) is 0 Å². The number of benzene rings is 1. The van der Waals surface area contributed by atoms with Gasteiger partial charge in [0.1, 0.15) is 0 Å². The molecule has 6 nitrogen and oxygen atoms in total. The molecule has 2 atom stereocenters. The van der Waals surface area contributed by atoms with Crippen LogP contribution in [0.3, 0.4) is 0 Å². The number of likely N-dealkylation sites (N-methyl/N-ethyl adjacent to an activating group) is 1. The average molecular weight is 299 g/mol. The van der Waals surface area contributed by atoms with E-state index in [0.717, 1.165) is 9.87 Å². The highest BCUT2D eigenvalue weighted by molar-refractivity contribution is 7.89. The fourth-order valence-electron chi connectivity index (χ4n) is 2.26. The first-order valence-electron chi connectivity index (χ1n) is 6.19. The lowest BCUT2D eigenvalue weighted by Gasteiger charge is -2.25. The summed E-state index contributed by atoms with van der Waals surface area (Å²) in [5.74, 6) is -1.88. The quantitative estimate of drug-likeness (QED) is 0.885. The Morgan fingerprint density at radius 3 is 2.70 bits per heavy atom. The van der Waals surface area contributed by atoms with E-state index in [9.17, 15) is 13.2 Å². The molecule has 0 amide bonds. The van der Waals surface area contributed by atoms with E-state index in [4.69, 9.17) is 9.84 Å². The van der Waals surface area contributed by atoms with Gasteiger partial charge in [-0.1, -0.05) is 12.1 Å². The monoisotopic (exact) mass is 299 g/mol. The predicted molar refractivity (Wildman–Crippen MR) is 71.9 cm³/mol. The number of sulfonamides is 1.